The summed E-state index contributed by atoms with van der Waals surface area (Å²) in [7, 11) is 4.16. The van der Waals surface area contributed by atoms with Gasteiger partial charge in [-0.05, 0) is 260 Å². The summed E-state index contributed by atoms with van der Waals surface area (Å²) in [5.41, 5.74) is 25.6. The van der Waals surface area contributed by atoms with Crippen molar-refractivity contribution in [2.45, 2.75) is 175 Å². The highest BCUT2D eigenvalue weighted by molar-refractivity contribution is 5.97. The number of aromatic carboxylic acids is 1. The molecule has 0 fully saturated rings. The van der Waals surface area contributed by atoms with Crippen LogP contribution in [0.1, 0.15) is 240 Å². The van der Waals surface area contributed by atoms with Gasteiger partial charge in [-0.3, -0.25) is 28.7 Å². The monoisotopic (exact) mass is 1690 g/mol. The van der Waals surface area contributed by atoms with Gasteiger partial charge in [0.25, 0.3) is 12.0 Å². The second kappa shape index (κ2) is 42.4. The fourth-order valence-corrected chi connectivity index (χ4v) is 18.2. The molecular formula is C96H101N7O21. The number of nitrogens with zero attached hydrogens (tertiary/aromatic N) is 4. The molecule has 0 bridgehead atoms. The molecule has 28 nitrogen and oxygen atoms in total. The molecule has 0 aliphatic heterocycles. The fourth-order valence-electron chi connectivity index (χ4n) is 18.2. The topological polar surface area (TPSA) is 426 Å². The van der Waals surface area contributed by atoms with Gasteiger partial charge in [0.15, 0.2) is 17.5 Å². The van der Waals surface area contributed by atoms with Gasteiger partial charge in [0.2, 0.25) is 0 Å². The van der Waals surface area contributed by atoms with E-state index in [1.807, 2.05) is 42.5 Å². The number of rotatable bonds is 17. The molecule has 4 aliphatic carbocycles. The summed E-state index contributed by atoms with van der Waals surface area (Å²) in [6.07, 6.45) is 9.62. The van der Waals surface area contributed by atoms with E-state index in [4.69, 9.17) is 69.1 Å². The molecular weight excluding hydrogens is 1590 g/mol. The Morgan fingerprint density at radius 3 is 1.10 bits per heavy atom. The number of carbonyl (C=O) groups is 5. The van der Waals surface area contributed by atoms with Crippen LogP contribution in [0.25, 0.3) is 4.85 Å². The number of nitrogens with two attached hydrogens (primary N) is 1. The normalized spacial score (nSPS) is 17.1. The summed E-state index contributed by atoms with van der Waals surface area (Å²) in [5, 5.41) is 30.9. The maximum Gasteiger partial charge on any atom is 0.438 e. The van der Waals surface area contributed by atoms with E-state index in [2.05, 4.69) is 161 Å². The Labute approximate surface area is 716 Å². The quantitative estimate of drug-likeness (QED) is 0.00826. The van der Waals surface area contributed by atoms with Crippen LogP contribution in [0.2, 0.25) is 0 Å². The Bertz CT molecular complexity index is 5850. The van der Waals surface area contributed by atoms with Crippen LogP contribution in [-0.2, 0) is 121 Å². The summed E-state index contributed by atoms with van der Waals surface area (Å²) in [6.45, 7) is 31.8. The number of fused-ring (bicyclic) bond motifs is 8. The molecule has 646 valence electrons. The second-order valence-corrected chi connectivity index (χ2v) is 32.5. The highest BCUT2D eigenvalue weighted by Crippen LogP contribution is 2.52. The van der Waals surface area contributed by atoms with Crippen LogP contribution >= 0.6 is 0 Å². The van der Waals surface area contributed by atoms with Gasteiger partial charge in [-0.25, -0.2) is 35.3 Å². The number of aryl methyl sites for hydroxylation is 11. The smallest absolute Gasteiger partial charge is 0.438 e. The zero-order valence-corrected chi connectivity index (χ0v) is 71.7. The lowest BCUT2D eigenvalue weighted by atomic mass is 9.67. The first-order valence-electron chi connectivity index (χ1n) is 40.2. The maximum atomic E-state index is 12.2. The first kappa shape index (κ1) is 95.4. The van der Waals surface area contributed by atoms with Crippen LogP contribution in [0.5, 0.6) is 5.75 Å². The molecule has 4 atom stereocenters. The molecule has 0 saturated heterocycles. The number of hydrogen-bond acceptors (Lipinski definition) is 23. The molecule has 8 aromatic carbocycles. The third kappa shape index (κ3) is 20.7. The van der Waals surface area contributed by atoms with Crippen LogP contribution in [0.4, 0.5) is 0 Å². The van der Waals surface area contributed by atoms with E-state index in [1.54, 1.807) is 48.5 Å². The first-order valence-corrected chi connectivity index (χ1v) is 40.2. The van der Waals surface area contributed by atoms with Crippen LogP contribution in [0.15, 0.2) is 169 Å². The van der Waals surface area contributed by atoms with Crippen molar-refractivity contribution in [3.8, 4) is 5.75 Å². The number of nitrogens with one attached hydrogen (secondary N) is 2. The summed E-state index contributed by atoms with van der Waals surface area (Å²) < 4.78 is 29.6. The minimum Gasteiger partial charge on any atom is -0.478 e. The number of aromatic amines is 2. The molecule has 0 spiro atoms. The number of methoxy groups -OCH3 is 3. The predicted octanol–water partition coefficient (Wildman–Crippen LogP) is 14.3. The Morgan fingerprint density at radius 2 is 0.758 bits per heavy atom. The molecule has 0 saturated carbocycles. The molecule has 124 heavy (non-hydrogen) atoms. The Morgan fingerprint density at radius 1 is 0.468 bits per heavy atom. The lowest BCUT2D eigenvalue weighted by molar-refractivity contribution is -0.193. The number of amidine groups is 1. The molecule has 2 heterocycles. The van der Waals surface area contributed by atoms with E-state index in [-0.39, 0.29) is 53.7 Å². The molecule has 2 aromatic heterocycles. The van der Waals surface area contributed by atoms with Crippen molar-refractivity contribution >= 4 is 54.6 Å². The molecule has 10 aromatic rings. The summed E-state index contributed by atoms with van der Waals surface area (Å²) >= 11 is 0. The van der Waals surface area contributed by atoms with Gasteiger partial charge in [0.05, 0.1) is 59.8 Å². The van der Waals surface area contributed by atoms with Gasteiger partial charge in [-0.15, -0.1) is 0 Å². The van der Waals surface area contributed by atoms with E-state index in [9.17, 15) is 43.9 Å². The van der Waals surface area contributed by atoms with E-state index >= 15 is 0 Å². The minimum atomic E-state index is -1.00. The van der Waals surface area contributed by atoms with E-state index in [1.165, 1.54) is 54.7 Å². The van der Waals surface area contributed by atoms with Crippen LogP contribution in [-0.4, -0.2) is 107 Å². The zero-order chi connectivity index (χ0) is 91.1. The number of oxime groups is 1. The number of carboxylic acids is 1. The van der Waals surface area contributed by atoms with Crippen LogP contribution in [0.3, 0.4) is 0 Å². The van der Waals surface area contributed by atoms with Crippen molar-refractivity contribution in [3.05, 3.63) is 318 Å². The number of aromatic nitrogens is 4. The second-order valence-electron chi connectivity index (χ2n) is 32.5. The summed E-state index contributed by atoms with van der Waals surface area (Å²) in [6, 6.07) is 46.7. The van der Waals surface area contributed by atoms with E-state index in [0.29, 0.717) is 84.0 Å². The SMILES string of the molecule is CC(C)CC1(c2noc(=O)[nH]2)c2ccc(OC=O)cc2CCc2cc(C(=O)O)ccc21.COC(=O)c1ccc2c(c1)CCc1cc(C)ccc1C2(CC(C)C)C(N)=NO.COC(=O)c1ccc2c(c1)CCc1cc(C)ccc1C2(CC(C)C)c1noc(=O)[nH]1.O=C=O.O=C=O.O=C=O.[C-]#[N+]C1(CC(C)C)c2ccc(C)cc2CCc2cc(C(=O)OC)ccc21. The number of carboxylic acid groups (broad SMARTS) is 1. The number of esters is 3. The average molecular weight is 1690 g/mol. The average Bonchev–Trinajstić information content (AvgIpc) is 1.53. The van der Waals surface area contributed by atoms with Gasteiger partial charge in [0, 0.05) is 17.5 Å². The Hall–Kier alpha value is -14.1. The van der Waals surface area contributed by atoms with Crippen molar-refractivity contribution in [1.29, 1.82) is 0 Å². The van der Waals surface area contributed by atoms with Gasteiger partial charge < -0.3 is 35.0 Å². The first-order chi connectivity index (χ1) is 59.2. The van der Waals surface area contributed by atoms with Crippen LogP contribution < -0.4 is 22.0 Å². The summed E-state index contributed by atoms with van der Waals surface area (Å²) in [5.74, 6) is -0.634. The Kier molecular flexibility index (Phi) is 32.6. The molecule has 14 rings (SSSR count). The van der Waals surface area contributed by atoms with Gasteiger partial charge >= 0.3 is 53.8 Å². The molecule has 6 N–H and O–H groups in total. The standard InChI is InChI=1S/C24H26N2O4.C23H22N2O6.C23H28N2O3.C23H25NO2.3CO2/c1-14(2)13-24(22-25-23(28)30-26-22)19-9-5-15(3)11-16(19)6-7-17-12-18(21(27)29-4)8-10-20(17)24;1-13(2)11-23(21-24-22(29)31-25-21)18-7-5-16(20(27)28)9-14(18)3-4-15-10-17(30-12-26)6-8-19(15)23;1-14(2)13-23(22(24)25-27)19-9-5-15(3)11-16(19)6-7-17-12-18(21(26)28-4)8-10-20(17)23;1-15(2)14-23(24-4)20-10-6-16(3)12-17(20)7-8-18-13-19(22(25)26-5)9-11-21(18)23;3*2-1-3/h5,8-12,14H,6-7,13H2,1-4H3,(H,25,26,28);5-10,12-13H,3-4,11H2,1-2H3,(H,27,28)(H,24,25,29);5,8-12,14,27H,6-7,13H2,1-4H3,(H2,24,25);6,9-13,15H,7-8,14H2,1-3,5H3;;;. The van der Waals surface area contributed by atoms with Gasteiger partial charge in [-0.2, -0.15) is 28.8 Å². The highest BCUT2D eigenvalue weighted by atomic mass is 16.5. The maximum absolute atomic E-state index is 12.2. The zero-order valence-electron chi connectivity index (χ0n) is 71.7. The third-order valence-corrected chi connectivity index (χ3v) is 22.6. The minimum absolute atomic E-state index is 0.181. The molecule has 4 aliphatic rings. The summed E-state index contributed by atoms with van der Waals surface area (Å²) in [4.78, 5) is 141. The number of hydrogen-bond donors (Lipinski definition) is 5. The molecule has 28 heteroatoms. The van der Waals surface area contributed by atoms with E-state index < -0.39 is 39.3 Å². The predicted molar refractivity (Wildman–Crippen MR) is 451 cm³/mol. The van der Waals surface area contributed by atoms with Gasteiger partial charge in [0.1, 0.15) is 5.75 Å². The fraction of sp³-hybridized carbons (Fsp3) is 0.354. The van der Waals surface area contributed by atoms with Crippen molar-refractivity contribution < 1.29 is 91.0 Å². The van der Waals surface area contributed by atoms with Crippen LogP contribution in [0, 0.1) is 51.0 Å². The van der Waals surface area contributed by atoms with Crippen molar-refractivity contribution in [2.24, 2.45) is 34.6 Å². The molecule has 0 radical (unpaired) electrons. The van der Waals surface area contributed by atoms with E-state index in [0.717, 1.165) is 124 Å². The lowest BCUT2D eigenvalue weighted by Crippen LogP contribution is -2.44. The highest BCUT2D eigenvalue weighted by Gasteiger charge is 2.50. The number of ether oxygens (including phenoxy) is 4. The number of carbonyl (C=O) groups excluding carboxylic acids is 10. The molecule has 0 amide bonds. The van der Waals surface area contributed by atoms with Crippen molar-refractivity contribution in [2.75, 3.05) is 21.3 Å². The van der Waals surface area contributed by atoms with Crippen molar-refractivity contribution in [1.82, 2.24) is 20.3 Å². The Balaban J connectivity index is 0.000000199. The largest absolute Gasteiger partial charge is 0.478 e. The molecule has 4 unspecified atom stereocenters. The van der Waals surface area contributed by atoms with Gasteiger partial charge in [-0.1, -0.05) is 166 Å². The number of H-pyrrole nitrogens is 2. The van der Waals surface area contributed by atoms with Crippen molar-refractivity contribution in [3.63, 3.8) is 0 Å². The number of benzene rings is 8. The lowest BCUT2D eigenvalue weighted by Gasteiger charge is -2.37. The third-order valence-electron chi connectivity index (χ3n) is 22.6.